The summed E-state index contributed by atoms with van der Waals surface area (Å²) in [7, 11) is 0. The molecule has 13 heavy (non-hydrogen) atoms. The molecule has 0 amide bonds. The number of carbonyl (C=O) groups is 1. The number of halogens is 2. The lowest BCUT2D eigenvalue weighted by molar-refractivity contribution is 0.101. The Morgan fingerprint density at radius 2 is 2.08 bits per heavy atom. The number of nitrogens with zero attached hydrogens (tertiary/aromatic N) is 1. The van der Waals surface area contributed by atoms with E-state index < -0.39 is 0 Å². The Morgan fingerprint density at radius 1 is 1.46 bits per heavy atom. The molecule has 0 spiro atoms. The van der Waals surface area contributed by atoms with Crippen molar-refractivity contribution in [2.45, 2.75) is 6.92 Å². The zero-order valence-corrected chi connectivity index (χ0v) is 8.28. The molecule has 4 heteroatoms. The molecule has 2 nitrogen and oxygen atoms in total. The van der Waals surface area contributed by atoms with Gasteiger partial charge in [-0.1, -0.05) is 23.2 Å². The number of benzene rings is 1. The maximum Gasteiger partial charge on any atom is 0.161 e. The van der Waals surface area contributed by atoms with Gasteiger partial charge in [0.05, 0.1) is 21.7 Å². The van der Waals surface area contributed by atoms with E-state index in [1.807, 2.05) is 6.07 Å². The number of hydrogen-bond donors (Lipinski definition) is 0. The van der Waals surface area contributed by atoms with Crippen LogP contribution in [-0.2, 0) is 0 Å². The van der Waals surface area contributed by atoms with Crippen LogP contribution in [0, 0.1) is 11.3 Å². The molecule has 1 rings (SSSR count). The summed E-state index contributed by atoms with van der Waals surface area (Å²) in [4.78, 5) is 11.0. The van der Waals surface area contributed by atoms with Crippen molar-refractivity contribution in [3.05, 3.63) is 33.3 Å². The number of carbonyl (C=O) groups excluding carboxylic acids is 1. The Morgan fingerprint density at radius 3 is 2.54 bits per heavy atom. The molecule has 1 aromatic rings. The van der Waals surface area contributed by atoms with E-state index in [9.17, 15) is 4.79 Å². The predicted octanol–water partition coefficient (Wildman–Crippen LogP) is 3.07. The molecule has 0 bridgehead atoms. The maximum absolute atomic E-state index is 11.0. The highest BCUT2D eigenvalue weighted by atomic mass is 35.5. The Balaban J connectivity index is 3.44. The second-order valence-corrected chi connectivity index (χ2v) is 3.27. The van der Waals surface area contributed by atoms with Gasteiger partial charge in [-0.05, 0) is 19.1 Å². The minimum absolute atomic E-state index is 0.202. The topological polar surface area (TPSA) is 40.9 Å². The fraction of sp³-hybridized carbons (Fsp3) is 0.111. The lowest BCUT2D eigenvalue weighted by atomic mass is 10.1. The first-order valence-corrected chi connectivity index (χ1v) is 4.22. The van der Waals surface area contributed by atoms with Gasteiger partial charge in [0.25, 0.3) is 0 Å². The molecule has 0 saturated carbocycles. The van der Waals surface area contributed by atoms with E-state index >= 15 is 0 Å². The predicted molar refractivity (Wildman–Crippen MR) is 51.2 cm³/mol. The van der Waals surface area contributed by atoms with Gasteiger partial charge in [-0.15, -0.1) is 0 Å². The van der Waals surface area contributed by atoms with Crippen molar-refractivity contribution < 1.29 is 4.79 Å². The summed E-state index contributed by atoms with van der Waals surface area (Å²) in [5.41, 5.74) is 0.616. The highest BCUT2D eigenvalue weighted by Crippen LogP contribution is 2.27. The highest BCUT2D eigenvalue weighted by molar-refractivity contribution is 6.44. The summed E-state index contributed by atoms with van der Waals surface area (Å²) >= 11 is 11.5. The summed E-state index contributed by atoms with van der Waals surface area (Å²) in [6.07, 6.45) is 0. The van der Waals surface area contributed by atoms with Crippen LogP contribution < -0.4 is 0 Å². The zero-order chi connectivity index (χ0) is 10.0. The number of ketones is 1. The molecule has 0 aliphatic heterocycles. The van der Waals surface area contributed by atoms with Crippen molar-refractivity contribution in [1.82, 2.24) is 0 Å². The van der Waals surface area contributed by atoms with Crippen LogP contribution >= 0.6 is 23.2 Å². The molecule has 1 aromatic carbocycles. The van der Waals surface area contributed by atoms with Crippen LogP contribution in [0.2, 0.25) is 10.0 Å². The molecule has 0 fully saturated rings. The van der Waals surface area contributed by atoms with Gasteiger partial charge in [0, 0.05) is 5.56 Å². The first kappa shape index (κ1) is 10.0. The molecule has 0 atom stereocenters. The number of nitriles is 1. The maximum atomic E-state index is 11.0. The summed E-state index contributed by atoms with van der Waals surface area (Å²) in [6, 6.07) is 4.75. The third-order valence-corrected chi connectivity index (χ3v) is 2.34. The molecular formula is C9H5Cl2NO. The highest BCUT2D eigenvalue weighted by Gasteiger charge is 2.10. The van der Waals surface area contributed by atoms with Crippen LogP contribution in [0.15, 0.2) is 12.1 Å². The van der Waals surface area contributed by atoms with Crippen LogP contribution in [-0.4, -0.2) is 5.78 Å². The van der Waals surface area contributed by atoms with Crippen LogP contribution in [0.25, 0.3) is 0 Å². The van der Waals surface area contributed by atoms with Crippen molar-refractivity contribution in [1.29, 1.82) is 5.26 Å². The van der Waals surface area contributed by atoms with E-state index in [1.54, 1.807) is 0 Å². The van der Waals surface area contributed by atoms with E-state index in [-0.39, 0.29) is 21.4 Å². The minimum atomic E-state index is -0.205. The normalized spacial score (nSPS) is 9.38. The average molecular weight is 214 g/mol. The third kappa shape index (κ3) is 2.00. The van der Waals surface area contributed by atoms with E-state index in [1.165, 1.54) is 19.1 Å². The van der Waals surface area contributed by atoms with Gasteiger partial charge in [0.15, 0.2) is 5.78 Å². The van der Waals surface area contributed by atoms with E-state index in [0.29, 0.717) is 5.56 Å². The second kappa shape index (κ2) is 3.78. The van der Waals surface area contributed by atoms with E-state index in [4.69, 9.17) is 28.5 Å². The SMILES string of the molecule is CC(=O)c1cc(C#N)cc(Cl)c1Cl. The summed E-state index contributed by atoms with van der Waals surface area (Å²) in [5.74, 6) is -0.205. The monoisotopic (exact) mass is 213 g/mol. The Kier molecular flexibility index (Phi) is 2.92. The van der Waals surface area contributed by atoms with E-state index in [2.05, 4.69) is 0 Å². The van der Waals surface area contributed by atoms with Crippen molar-refractivity contribution in [3.63, 3.8) is 0 Å². The zero-order valence-electron chi connectivity index (χ0n) is 6.77. The Labute approximate surface area is 85.7 Å². The van der Waals surface area contributed by atoms with Gasteiger partial charge in [-0.25, -0.2) is 0 Å². The van der Waals surface area contributed by atoms with Crippen molar-refractivity contribution in [2.75, 3.05) is 0 Å². The number of Topliss-reactive ketones (excluding diaryl/α,β-unsaturated/α-hetero) is 1. The van der Waals surface area contributed by atoms with Gasteiger partial charge in [0.1, 0.15) is 0 Å². The van der Waals surface area contributed by atoms with Crippen LogP contribution in [0.3, 0.4) is 0 Å². The van der Waals surface area contributed by atoms with E-state index in [0.717, 1.165) is 0 Å². The number of rotatable bonds is 1. The third-order valence-electron chi connectivity index (χ3n) is 1.54. The fourth-order valence-electron chi connectivity index (χ4n) is 0.910. The molecule has 0 unspecified atom stereocenters. The Bertz CT molecular complexity index is 407. The minimum Gasteiger partial charge on any atom is -0.294 e. The summed E-state index contributed by atoms with van der Waals surface area (Å²) in [6.45, 7) is 1.37. The van der Waals surface area contributed by atoms with Crippen LogP contribution in [0.4, 0.5) is 0 Å². The van der Waals surface area contributed by atoms with Gasteiger partial charge in [0.2, 0.25) is 0 Å². The number of hydrogen-bond acceptors (Lipinski definition) is 2. The molecule has 0 radical (unpaired) electrons. The molecule has 66 valence electrons. The first-order chi connectivity index (χ1) is 6.06. The van der Waals surface area contributed by atoms with Gasteiger partial charge in [-0.2, -0.15) is 5.26 Å². The van der Waals surface area contributed by atoms with Crippen molar-refractivity contribution >= 4 is 29.0 Å². The van der Waals surface area contributed by atoms with Gasteiger partial charge < -0.3 is 0 Å². The van der Waals surface area contributed by atoms with Crippen LogP contribution in [0.5, 0.6) is 0 Å². The molecule has 0 heterocycles. The Hall–Kier alpha value is -1.04. The lowest BCUT2D eigenvalue weighted by Crippen LogP contribution is -1.95. The first-order valence-electron chi connectivity index (χ1n) is 3.46. The molecule has 0 saturated heterocycles. The molecular weight excluding hydrogens is 209 g/mol. The molecule has 0 N–H and O–H groups in total. The van der Waals surface area contributed by atoms with Gasteiger partial charge in [-0.3, -0.25) is 4.79 Å². The smallest absolute Gasteiger partial charge is 0.161 e. The molecule has 0 aliphatic rings. The van der Waals surface area contributed by atoms with Crippen molar-refractivity contribution in [3.8, 4) is 6.07 Å². The van der Waals surface area contributed by atoms with Crippen molar-refractivity contribution in [2.24, 2.45) is 0 Å². The standard InChI is InChI=1S/C9H5Cl2NO/c1-5(13)7-2-6(4-12)3-8(10)9(7)11/h2-3H,1H3. The largest absolute Gasteiger partial charge is 0.294 e. The lowest BCUT2D eigenvalue weighted by Gasteiger charge is -2.02. The van der Waals surface area contributed by atoms with Crippen LogP contribution in [0.1, 0.15) is 22.8 Å². The quantitative estimate of drug-likeness (QED) is 0.674. The summed E-state index contributed by atoms with van der Waals surface area (Å²) in [5, 5.41) is 9.03. The fourth-order valence-corrected chi connectivity index (χ4v) is 1.37. The molecule has 0 aliphatic carbocycles. The second-order valence-electron chi connectivity index (χ2n) is 2.49. The average Bonchev–Trinajstić information content (AvgIpc) is 2.09. The summed E-state index contributed by atoms with van der Waals surface area (Å²) < 4.78 is 0. The molecule has 0 aromatic heterocycles. The van der Waals surface area contributed by atoms with Gasteiger partial charge >= 0.3 is 0 Å².